The molecule has 2 aromatic carbocycles. The number of carboxylic acids is 1. The van der Waals surface area contributed by atoms with E-state index in [0.29, 0.717) is 4.47 Å². The Hall–Kier alpha value is -1.55. The molecule has 0 radical (unpaired) electrons. The summed E-state index contributed by atoms with van der Waals surface area (Å²) in [6.45, 7) is 0. The Balaban J connectivity index is 2.78. The largest absolute Gasteiger partial charge is 0.508 e. The first-order valence-corrected chi connectivity index (χ1v) is 5.03. The van der Waals surface area contributed by atoms with Crippen LogP contribution in [-0.2, 0) is 0 Å². The van der Waals surface area contributed by atoms with Crippen molar-refractivity contribution in [3.63, 3.8) is 0 Å². The fraction of sp³-hybridized carbons (Fsp3) is 0. The van der Waals surface area contributed by atoms with Crippen molar-refractivity contribution in [2.45, 2.75) is 0 Å². The fourth-order valence-electron chi connectivity index (χ4n) is 1.42. The average molecular weight is 267 g/mol. The number of carboxylic acid groups (broad SMARTS) is 1. The molecular formula is C11H7BrO3. The molecule has 0 spiro atoms. The Labute approximate surface area is 94.1 Å². The highest BCUT2D eigenvalue weighted by molar-refractivity contribution is 9.10. The van der Waals surface area contributed by atoms with Gasteiger partial charge < -0.3 is 10.2 Å². The molecule has 2 N–H and O–H groups in total. The standard InChI is InChI=1S/C11H7BrO3/c12-10-4-7(11(14)15)3-6-1-2-8(13)5-9(6)10/h1-5,13H,(H,14,15). The second kappa shape index (κ2) is 3.55. The van der Waals surface area contributed by atoms with Crippen LogP contribution in [0.4, 0.5) is 0 Å². The number of rotatable bonds is 1. The number of hydrogen-bond acceptors (Lipinski definition) is 2. The van der Waals surface area contributed by atoms with Gasteiger partial charge in [0, 0.05) is 4.47 Å². The van der Waals surface area contributed by atoms with Crippen LogP contribution in [0.1, 0.15) is 10.4 Å². The number of carbonyl (C=O) groups is 1. The third kappa shape index (κ3) is 1.80. The second-order valence-corrected chi connectivity index (χ2v) is 4.02. The van der Waals surface area contributed by atoms with Crippen molar-refractivity contribution in [3.05, 3.63) is 40.4 Å². The first-order chi connectivity index (χ1) is 7.08. The van der Waals surface area contributed by atoms with E-state index >= 15 is 0 Å². The van der Waals surface area contributed by atoms with Gasteiger partial charge in [-0.1, -0.05) is 22.0 Å². The highest BCUT2D eigenvalue weighted by Gasteiger charge is 2.07. The summed E-state index contributed by atoms with van der Waals surface area (Å²) in [5.41, 5.74) is 0.222. The van der Waals surface area contributed by atoms with E-state index in [0.717, 1.165) is 10.8 Å². The predicted octanol–water partition coefficient (Wildman–Crippen LogP) is 3.01. The van der Waals surface area contributed by atoms with E-state index in [-0.39, 0.29) is 11.3 Å². The Bertz CT molecular complexity index is 549. The van der Waals surface area contributed by atoms with Crippen molar-refractivity contribution in [3.8, 4) is 5.75 Å². The molecule has 3 nitrogen and oxygen atoms in total. The Morgan fingerprint density at radius 1 is 1.20 bits per heavy atom. The van der Waals surface area contributed by atoms with E-state index in [4.69, 9.17) is 5.11 Å². The lowest BCUT2D eigenvalue weighted by atomic mass is 10.1. The van der Waals surface area contributed by atoms with E-state index in [1.54, 1.807) is 18.2 Å². The van der Waals surface area contributed by atoms with Gasteiger partial charge in [0.15, 0.2) is 0 Å². The highest BCUT2D eigenvalue weighted by atomic mass is 79.9. The lowest BCUT2D eigenvalue weighted by Crippen LogP contribution is -1.95. The SMILES string of the molecule is O=C(O)c1cc(Br)c2cc(O)ccc2c1. The van der Waals surface area contributed by atoms with Crippen molar-refractivity contribution in [2.24, 2.45) is 0 Å². The third-order valence-corrected chi connectivity index (χ3v) is 2.79. The summed E-state index contributed by atoms with van der Waals surface area (Å²) < 4.78 is 0.660. The van der Waals surface area contributed by atoms with E-state index in [1.165, 1.54) is 12.1 Å². The normalized spacial score (nSPS) is 10.5. The molecule has 15 heavy (non-hydrogen) atoms. The van der Waals surface area contributed by atoms with Crippen LogP contribution in [0.15, 0.2) is 34.8 Å². The number of aromatic carboxylic acids is 1. The van der Waals surface area contributed by atoms with E-state index < -0.39 is 5.97 Å². The predicted molar refractivity (Wildman–Crippen MR) is 60.3 cm³/mol. The maximum atomic E-state index is 10.8. The molecule has 0 aliphatic rings. The number of phenolic OH excluding ortho intramolecular Hbond substituents is 1. The van der Waals surface area contributed by atoms with Crippen LogP contribution in [0.2, 0.25) is 0 Å². The molecule has 4 heteroatoms. The first kappa shape index (κ1) is 9.98. The summed E-state index contributed by atoms with van der Waals surface area (Å²) >= 11 is 3.28. The number of aromatic hydroxyl groups is 1. The zero-order valence-electron chi connectivity index (χ0n) is 7.57. The van der Waals surface area contributed by atoms with E-state index in [9.17, 15) is 9.90 Å². The van der Waals surface area contributed by atoms with Gasteiger partial charge in [0.05, 0.1) is 5.56 Å². The topological polar surface area (TPSA) is 57.5 Å². The van der Waals surface area contributed by atoms with Gasteiger partial charge in [0.2, 0.25) is 0 Å². The van der Waals surface area contributed by atoms with Crippen molar-refractivity contribution in [1.82, 2.24) is 0 Å². The summed E-state index contributed by atoms with van der Waals surface area (Å²) in [5, 5.41) is 19.7. The van der Waals surface area contributed by atoms with Gasteiger partial charge in [0.1, 0.15) is 5.75 Å². The van der Waals surface area contributed by atoms with Gasteiger partial charge in [-0.25, -0.2) is 4.79 Å². The molecule has 0 aromatic heterocycles. The molecule has 0 saturated carbocycles. The molecule has 0 amide bonds. The smallest absolute Gasteiger partial charge is 0.335 e. The Morgan fingerprint density at radius 3 is 2.60 bits per heavy atom. The number of fused-ring (bicyclic) bond motifs is 1. The maximum Gasteiger partial charge on any atom is 0.335 e. The number of hydrogen-bond donors (Lipinski definition) is 2. The summed E-state index contributed by atoms with van der Waals surface area (Å²) in [6.07, 6.45) is 0. The summed E-state index contributed by atoms with van der Waals surface area (Å²) in [5.74, 6) is -0.808. The molecule has 0 unspecified atom stereocenters. The van der Waals surface area contributed by atoms with Crippen LogP contribution in [-0.4, -0.2) is 16.2 Å². The van der Waals surface area contributed by atoms with Gasteiger partial charge in [-0.2, -0.15) is 0 Å². The second-order valence-electron chi connectivity index (χ2n) is 3.17. The van der Waals surface area contributed by atoms with Gasteiger partial charge in [-0.05, 0) is 35.0 Å². The van der Waals surface area contributed by atoms with Crippen LogP contribution in [0.3, 0.4) is 0 Å². The van der Waals surface area contributed by atoms with Gasteiger partial charge in [0.25, 0.3) is 0 Å². The number of benzene rings is 2. The average Bonchev–Trinajstić information content (AvgIpc) is 2.18. The fourth-order valence-corrected chi connectivity index (χ4v) is 2.01. The molecule has 0 aliphatic carbocycles. The van der Waals surface area contributed by atoms with Crippen molar-refractivity contribution in [1.29, 1.82) is 0 Å². The molecule has 0 heterocycles. The van der Waals surface area contributed by atoms with Crippen LogP contribution >= 0.6 is 15.9 Å². The minimum absolute atomic E-state index is 0.159. The van der Waals surface area contributed by atoms with Gasteiger partial charge in [-0.15, -0.1) is 0 Å². The lowest BCUT2D eigenvalue weighted by molar-refractivity contribution is 0.0697. The molecule has 0 fully saturated rings. The third-order valence-electron chi connectivity index (χ3n) is 2.13. The van der Waals surface area contributed by atoms with Crippen LogP contribution < -0.4 is 0 Å². The highest BCUT2D eigenvalue weighted by Crippen LogP contribution is 2.28. The van der Waals surface area contributed by atoms with Crippen LogP contribution in [0.25, 0.3) is 10.8 Å². The first-order valence-electron chi connectivity index (χ1n) is 4.23. The minimum atomic E-state index is -0.967. The molecular weight excluding hydrogens is 260 g/mol. The summed E-state index contributed by atoms with van der Waals surface area (Å²) in [7, 11) is 0. The van der Waals surface area contributed by atoms with E-state index in [2.05, 4.69) is 15.9 Å². The number of phenols is 1. The summed E-state index contributed by atoms with van der Waals surface area (Å²) in [4.78, 5) is 10.8. The minimum Gasteiger partial charge on any atom is -0.508 e. The zero-order chi connectivity index (χ0) is 11.0. The quantitative estimate of drug-likeness (QED) is 0.834. The molecule has 2 aromatic rings. The van der Waals surface area contributed by atoms with Gasteiger partial charge in [-0.3, -0.25) is 0 Å². The summed E-state index contributed by atoms with van der Waals surface area (Å²) in [6, 6.07) is 7.89. The Kier molecular flexibility index (Phi) is 2.36. The number of halogens is 1. The lowest BCUT2D eigenvalue weighted by Gasteiger charge is -2.03. The van der Waals surface area contributed by atoms with Crippen LogP contribution in [0, 0.1) is 0 Å². The molecule has 0 atom stereocenters. The van der Waals surface area contributed by atoms with Crippen molar-refractivity contribution < 1.29 is 15.0 Å². The van der Waals surface area contributed by atoms with E-state index in [1.807, 2.05) is 0 Å². The maximum absolute atomic E-state index is 10.8. The molecule has 76 valence electrons. The monoisotopic (exact) mass is 266 g/mol. The zero-order valence-corrected chi connectivity index (χ0v) is 9.15. The molecule has 2 rings (SSSR count). The molecule has 0 aliphatic heterocycles. The van der Waals surface area contributed by atoms with Crippen molar-refractivity contribution >= 4 is 32.7 Å². The van der Waals surface area contributed by atoms with Crippen LogP contribution in [0.5, 0.6) is 5.75 Å². The molecule has 0 bridgehead atoms. The van der Waals surface area contributed by atoms with Gasteiger partial charge >= 0.3 is 5.97 Å². The molecule has 0 saturated heterocycles. The van der Waals surface area contributed by atoms with Crippen molar-refractivity contribution in [2.75, 3.05) is 0 Å². The Morgan fingerprint density at radius 2 is 1.93 bits per heavy atom.